The predicted molar refractivity (Wildman–Crippen MR) is 606 cm³/mol. The third-order valence-electron chi connectivity index (χ3n) is 27.6. The molecule has 0 saturated carbocycles. The maximum absolute atomic E-state index is 6.21. The average Bonchev–Trinajstić information content (AvgIpc) is 1.59. The Kier molecular flexibility index (Phi) is 23.0. The van der Waals surface area contributed by atoms with E-state index in [0.29, 0.717) is 52.4 Å². The van der Waals surface area contributed by atoms with Gasteiger partial charge >= 0.3 is 0 Å². The number of aromatic nitrogens is 12. The van der Waals surface area contributed by atoms with Crippen LogP contribution in [0.3, 0.4) is 0 Å². The van der Waals surface area contributed by atoms with Crippen LogP contribution in [-0.2, 0) is 0 Å². The van der Waals surface area contributed by atoms with Crippen molar-refractivity contribution in [2.24, 2.45) is 0 Å². The molecule has 0 fully saturated rings. The van der Waals surface area contributed by atoms with Gasteiger partial charge in [-0.1, -0.05) is 413 Å². The maximum Gasteiger partial charge on any atom is 0.164 e. The van der Waals surface area contributed by atoms with Crippen LogP contribution in [0.2, 0.25) is 0 Å². The molecule has 0 aliphatic carbocycles. The van der Waals surface area contributed by atoms with E-state index in [1.54, 1.807) is 0 Å². The van der Waals surface area contributed by atoms with Gasteiger partial charge in [0, 0.05) is 110 Å². The van der Waals surface area contributed by atoms with Crippen LogP contribution < -0.4 is 0 Å². The van der Waals surface area contributed by atoms with Crippen LogP contribution in [0.4, 0.5) is 0 Å². The third kappa shape index (κ3) is 17.2. The zero-order chi connectivity index (χ0) is 98.2. The lowest BCUT2D eigenvalue weighted by molar-refractivity contribution is 0.669. The van der Waals surface area contributed by atoms with Crippen molar-refractivity contribution in [3.63, 3.8) is 0 Å². The quantitative estimate of drug-likeness (QED) is 0.0864. The highest BCUT2D eigenvalue weighted by molar-refractivity contribution is 6.13. The molecule has 0 bridgehead atoms. The Labute approximate surface area is 853 Å². The van der Waals surface area contributed by atoms with Gasteiger partial charge in [-0.25, -0.2) is 44.9 Å². The maximum atomic E-state index is 6.21. The summed E-state index contributed by atoms with van der Waals surface area (Å²) in [5, 5.41) is 9.50. The second-order valence-electron chi connectivity index (χ2n) is 36.7. The second-order valence-corrected chi connectivity index (χ2v) is 36.7. The van der Waals surface area contributed by atoms with E-state index < -0.39 is 0 Å². The van der Waals surface area contributed by atoms with Crippen molar-refractivity contribution >= 4 is 87.4 Å². The van der Waals surface area contributed by atoms with E-state index in [-0.39, 0.29) is 0 Å². The topological polar surface area (TPSA) is 144 Å². The number of furan rings is 1. The van der Waals surface area contributed by atoms with Crippen LogP contribution in [0.15, 0.2) is 538 Å². The van der Waals surface area contributed by atoms with E-state index >= 15 is 0 Å². The Morgan fingerprint density at radius 3 is 0.716 bits per heavy atom. The van der Waals surface area contributed by atoms with Crippen LogP contribution in [-0.4, -0.2) is 58.6 Å². The minimum Gasteiger partial charge on any atom is -0.456 e. The Morgan fingerprint density at radius 1 is 0.115 bits per heavy atom. The second kappa shape index (κ2) is 38.7. The van der Waals surface area contributed by atoms with Gasteiger partial charge in [-0.2, -0.15) is 0 Å². The summed E-state index contributed by atoms with van der Waals surface area (Å²) in [6, 6.07) is 186. The molecule has 7 heterocycles. The molecule has 0 saturated heterocycles. The van der Waals surface area contributed by atoms with Crippen LogP contribution in [0.25, 0.3) is 263 Å². The lowest BCUT2D eigenvalue weighted by atomic mass is 10.0. The van der Waals surface area contributed by atoms with Crippen molar-refractivity contribution in [1.29, 1.82) is 0 Å². The molecule has 0 N–H and O–H groups in total. The number of rotatable bonds is 17. The number of fused-ring (bicyclic) bond motifs is 12. The molecule has 0 radical (unpaired) electrons. The van der Waals surface area contributed by atoms with E-state index in [1.807, 2.05) is 127 Å². The van der Waals surface area contributed by atoms with Gasteiger partial charge in [0.1, 0.15) is 11.2 Å². The highest BCUT2D eigenvalue weighted by Gasteiger charge is 2.24. The van der Waals surface area contributed by atoms with Crippen molar-refractivity contribution in [2.75, 3.05) is 0 Å². The lowest BCUT2D eigenvalue weighted by Gasteiger charge is -2.12. The highest BCUT2D eigenvalue weighted by atomic mass is 16.3. The Morgan fingerprint density at radius 2 is 0.338 bits per heavy atom. The van der Waals surface area contributed by atoms with Gasteiger partial charge in [-0.15, -0.1) is 0 Å². The molecule has 694 valence electrons. The number of hydrogen-bond donors (Lipinski definition) is 0. The molecule has 0 spiro atoms. The molecule has 0 unspecified atom stereocenters. The first-order valence-corrected chi connectivity index (χ1v) is 49.6. The molecule has 13 heteroatoms. The summed E-state index contributed by atoms with van der Waals surface area (Å²) in [4.78, 5) is 44.9. The first kappa shape index (κ1) is 88.1. The molecule has 7 aromatic heterocycles. The molecule has 28 aromatic rings. The van der Waals surface area contributed by atoms with E-state index in [9.17, 15) is 0 Å². The van der Waals surface area contributed by atoms with Gasteiger partial charge < -0.3 is 18.1 Å². The van der Waals surface area contributed by atoms with Gasteiger partial charge in [0.05, 0.1) is 33.1 Å². The summed E-state index contributed by atoms with van der Waals surface area (Å²) >= 11 is 0. The minimum absolute atomic E-state index is 0.594. The fourth-order valence-electron chi connectivity index (χ4n) is 20.3. The molecule has 148 heavy (non-hydrogen) atoms. The van der Waals surface area contributed by atoms with Crippen molar-refractivity contribution < 1.29 is 4.42 Å². The van der Waals surface area contributed by atoms with Crippen molar-refractivity contribution in [1.82, 2.24) is 58.6 Å². The Hall–Kier alpha value is -20.2. The molecular formula is C135H88N12O. The summed E-state index contributed by atoms with van der Waals surface area (Å²) < 4.78 is 13.2. The zero-order valence-electron chi connectivity index (χ0n) is 80.1. The van der Waals surface area contributed by atoms with Gasteiger partial charge in [0.25, 0.3) is 0 Å². The summed E-state index contributed by atoms with van der Waals surface area (Å²) in [5.41, 5.74) is 32.0. The standard InChI is InChI=1S/C45H28N4O.2C45H30N4/c1-3-11-29(12-4-1)32-21-25-36-35-15-7-9-17-39(35)49(40(36)27-32)34-23-19-31(20-24-34)44-46-43(30-13-5-2-6-14-30)47-45(48-44)33-22-26-38-37-16-8-10-18-41(37)50-42(38)28-33;1-4-13-31(14-5-1)33-23-25-35(26-24-33)44-46-43(34-17-8-3-9-18-34)47-45(48-44)37-19-12-20-38(29-37)49-41-22-11-10-21-39(41)40-30-36(27-28-42(40)49)32-15-6-2-7-16-32;1-4-12-31(13-5-1)33-20-22-35(23-21-33)44-46-43(34-16-8-3-9-17-34)47-45(48-44)36-24-27-38(28-25-36)49-41-19-11-10-18-39(41)40-29-26-37(30-42(40)49)32-14-6-2-7-15-32/h1-28H;2*1-30H. The number of hydrogen-bond acceptors (Lipinski definition) is 10. The molecular weight excluding hydrogens is 1810 g/mol. The first-order valence-electron chi connectivity index (χ1n) is 49.6. The smallest absolute Gasteiger partial charge is 0.164 e. The molecule has 0 atom stereocenters. The monoisotopic (exact) mass is 1890 g/mol. The molecule has 0 aliphatic rings. The predicted octanol–water partition coefficient (Wildman–Crippen LogP) is 34.1. The molecule has 0 amide bonds. The fourth-order valence-corrected chi connectivity index (χ4v) is 20.3. The van der Waals surface area contributed by atoms with Gasteiger partial charge in [-0.3, -0.25) is 0 Å². The highest BCUT2D eigenvalue weighted by Crippen LogP contribution is 2.43. The lowest BCUT2D eigenvalue weighted by Crippen LogP contribution is -2.01. The van der Waals surface area contributed by atoms with Crippen LogP contribution in [0.5, 0.6) is 0 Å². The molecule has 0 aliphatic heterocycles. The van der Waals surface area contributed by atoms with Crippen molar-refractivity contribution in [3.05, 3.63) is 534 Å². The first-order chi connectivity index (χ1) is 73.3. The molecule has 28 rings (SSSR count). The summed E-state index contributed by atoms with van der Waals surface area (Å²) in [6.07, 6.45) is 0. The van der Waals surface area contributed by atoms with Gasteiger partial charge in [-0.05, 0) is 177 Å². The van der Waals surface area contributed by atoms with E-state index in [4.69, 9.17) is 49.3 Å². The zero-order valence-corrected chi connectivity index (χ0v) is 80.1. The Balaban J connectivity index is 0.000000112. The van der Waals surface area contributed by atoms with E-state index in [2.05, 4.69) is 420 Å². The van der Waals surface area contributed by atoms with E-state index in [1.165, 1.54) is 87.9 Å². The van der Waals surface area contributed by atoms with Gasteiger partial charge in [0.15, 0.2) is 52.4 Å². The minimum atomic E-state index is 0.594. The van der Waals surface area contributed by atoms with Crippen molar-refractivity contribution in [2.45, 2.75) is 0 Å². The average molecular weight is 1890 g/mol. The Bertz CT molecular complexity index is 9780. The van der Waals surface area contributed by atoms with Crippen LogP contribution in [0.1, 0.15) is 0 Å². The van der Waals surface area contributed by atoms with Crippen molar-refractivity contribution in [3.8, 4) is 175 Å². The number of para-hydroxylation sites is 4. The normalized spacial score (nSPS) is 11.4. The molecule has 21 aromatic carbocycles. The molecule has 13 nitrogen and oxygen atoms in total. The fraction of sp³-hybridized carbons (Fsp3) is 0. The number of benzene rings is 21. The van der Waals surface area contributed by atoms with E-state index in [0.717, 1.165) is 122 Å². The number of nitrogens with zero attached hydrogens (tertiary/aromatic N) is 12. The SMILES string of the molecule is c1ccc(-c2ccc(-c3nc(-c4ccccc4)nc(-c4ccc(-n5c6ccccc6c6ccc(-c7ccccc7)cc65)cc4)n3)cc2)cc1.c1ccc(-c2ccc(-c3nc(-c4ccccc4)nc(-c4cccc(-n5c6ccccc6c6cc(-c7ccccc7)ccc65)c4)n3)cc2)cc1.c1ccc(-c2ccc3c4ccccc4n(-c4ccc(-c5nc(-c6ccccc6)nc(-c6ccc7c(c6)oc6ccccc67)n5)cc4)c3c2)cc1. The summed E-state index contributed by atoms with van der Waals surface area (Å²) in [6.45, 7) is 0. The summed E-state index contributed by atoms with van der Waals surface area (Å²) in [7, 11) is 0. The van der Waals surface area contributed by atoms with Gasteiger partial charge in [0.2, 0.25) is 0 Å². The van der Waals surface area contributed by atoms with Crippen LogP contribution in [0, 0.1) is 0 Å². The third-order valence-corrected chi connectivity index (χ3v) is 27.6. The van der Waals surface area contributed by atoms with Crippen LogP contribution >= 0.6 is 0 Å². The largest absolute Gasteiger partial charge is 0.456 e. The summed E-state index contributed by atoms with van der Waals surface area (Å²) in [5.74, 6) is 5.66.